The van der Waals surface area contributed by atoms with Crippen LogP contribution in [0.2, 0.25) is 0 Å². The molecule has 3 nitrogen and oxygen atoms in total. The molecule has 0 spiro atoms. The van der Waals surface area contributed by atoms with Crippen LogP contribution in [0.4, 0.5) is 0 Å². The minimum Gasteiger partial charge on any atom is -0.324 e. The van der Waals surface area contributed by atoms with Crippen LogP contribution in [0, 0.1) is 0 Å². The second-order valence-corrected chi connectivity index (χ2v) is 6.78. The molecule has 1 fully saturated rings. The molecule has 0 amide bonds. The summed E-state index contributed by atoms with van der Waals surface area (Å²) < 4.78 is 22.7. The van der Waals surface area contributed by atoms with Gasteiger partial charge in [0.1, 0.15) is 0 Å². The van der Waals surface area contributed by atoms with E-state index in [9.17, 15) is 8.42 Å². The van der Waals surface area contributed by atoms with Gasteiger partial charge in [0.25, 0.3) is 0 Å². The fraction of sp³-hybridized carbons (Fsp3) is 0.500. The molecule has 0 radical (unpaired) electrons. The molecule has 0 saturated carbocycles. The Hall–Kier alpha value is -0.870. The first-order valence-corrected chi connectivity index (χ1v) is 7.36. The fourth-order valence-corrected chi connectivity index (χ4v) is 3.91. The number of hydrogen-bond donors (Lipinski definition) is 1. The Balaban J connectivity index is 2.17. The molecule has 1 aliphatic rings. The van der Waals surface area contributed by atoms with Crippen molar-refractivity contribution in [1.82, 2.24) is 0 Å². The summed E-state index contributed by atoms with van der Waals surface area (Å²) in [7, 11) is -2.79. The van der Waals surface area contributed by atoms with Gasteiger partial charge >= 0.3 is 0 Å². The van der Waals surface area contributed by atoms with E-state index >= 15 is 0 Å². The van der Waals surface area contributed by atoms with Crippen molar-refractivity contribution < 1.29 is 8.42 Å². The number of hydrogen-bond acceptors (Lipinski definition) is 3. The molecule has 1 aliphatic heterocycles. The van der Waals surface area contributed by atoms with Gasteiger partial charge in [-0.3, -0.25) is 0 Å². The third-order valence-electron chi connectivity index (χ3n) is 3.17. The van der Waals surface area contributed by atoms with Crippen molar-refractivity contribution in [2.24, 2.45) is 5.73 Å². The summed E-state index contributed by atoms with van der Waals surface area (Å²) in [6.07, 6.45) is 0.750. The molecule has 88 valence electrons. The molecule has 0 aromatic heterocycles. The van der Waals surface area contributed by atoms with Gasteiger partial charge in [0, 0.05) is 6.04 Å². The largest absolute Gasteiger partial charge is 0.324 e. The van der Waals surface area contributed by atoms with Gasteiger partial charge in [-0.2, -0.15) is 0 Å². The van der Waals surface area contributed by atoms with E-state index in [-0.39, 0.29) is 12.0 Å². The minimum atomic E-state index is -2.79. The number of sulfone groups is 1. The summed E-state index contributed by atoms with van der Waals surface area (Å²) in [6, 6.07) is 8.02. The Morgan fingerprint density at radius 3 is 2.38 bits per heavy atom. The molecule has 1 saturated heterocycles. The lowest BCUT2D eigenvalue weighted by atomic mass is 9.96. The van der Waals surface area contributed by atoms with Gasteiger partial charge in [-0.25, -0.2) is 8.42 Å². The SMILES string of the molecule is C[C@H](N)c1ccc([C@H]2CCS(=O)(=O)C2)cc1. The van der Waals surface area contributed by atoms with E-state index in [4.69, 9.17) is 5.73 Å². The van der Waals surface area contributed by atoms with Crippen molar-refractivity contribution in [3.8, 4) is 0 Å². The summed E-state index contributed by atoms with van der Waals surface area (Å²) in [5, 5.41) is 0. The number of benzene rings is 1. The highest BCUT2D eigenvalue weighted by molar-refractivity contribution is 7.91. The van der Waals surface area contributed by atoms with E-state index in [1.54, 1.807) is 0 Å². The maximum Gasteiger partial charge on any atom is 0.150 e. The molecular formula is C12H17NO2S. The Morgan fingerprint density at radius 2 is 1.94 bits per heavy atom. The van der Waals surface area contributed by atoms with Crippen LogP contribution in [0.15, 0.2) is 24.3 Å². The van der Waals surface area contributed by atoms with Crippen molar-refractivity contribution in [2.45, 2.75) is 25.3 Å². The fourth-order valence-electron chi connectivity index (χ4n) is 2.13. The van der Waals surface area contributed by atoms with Gasteiger partial charge in [-0.1, -0.05) is 24.3 Å². The molecule has 1 heterocycles. The second kappa shape index (κ2) is 4.18. The van der Waals surface area contributed by atoms with Crippen molar-refractivity contribution in [3.63, 3.8) is 0 Å². The summed E-state index contributed by atoms with van der Waals surface area (Å²) in [6.45, 7) is 1.94. The Labute approximate surface area is 96.6 Å². The van der Waals surface area contributed by atoms with Crippen molar-refractivity contribution >= 4 is 9.84 Å². The van der Waals surface area contributed by atoms with E-state index in [1.807, 2.05) is 31.2 Å². The standard InChI is InChI=1S/C12H17NO2S/c1-9(13)10-2-4-11(5-3-10)12-6-7-16(14,15)8-12/h2-5,9,12H,6-8,13H2,1H3/t9-,12-/m0/s1. The summed E-state index contributed by atoms with van der Waals surface area (Å²) in [5.74, 6) is 0.796. The van der Waals surface area contributed by atoms with Crippen LogP contribution in [-0.2, 0) is 9.84 Å². The number of nitrogens with two attached hydrogens (primary N) is 1. The summed E-state index contributed by atoms with van der Waals surface area (Å²) >= 11 is 0. The molecule has 1 aromatic rings. The van der Waals surface area contributed by atoms with Gasteiger partial charge in [0.2, 0.25) is 0 Å². The molecule has 2 atom stereocenters. The predicted octanol–water partition coefficient (Wildman–Crippen LogP) is 1.61. The molecule has 0 bridgehead atoms. The third-order valence-corrected chi connectivity index (χ3v) is 4.93. The van der Waals surface area contributed by atoms with E-state index in [1.165, 1.54) is 0 Å². The van der Waals surface area contributed by atoms with E-state index in [0.29, 0.717) is 11.5 Å². The minimum absolute atomic E-state index is 0.0290. The topological polar surface area (TPSA) is 60.2 Å². The molecule has 4 heteroatoms. The molecule has 0 aliphatic carbocycles. The first kappa shape index (κ1) is 11.6. The molecule has 0 unspecified atom stereocenters. The van der Waals surface area contributed by atoms with Gasteiger partial charge in [-0.05, 0) is 30.4 Å². The summed E-state index contributed by atoms with van der Waals surface area (Å²) in [4.78, 5) is 0. The first-order valence-electron chi connectivity index (χ1n) is 5.54. The van der Waals surface area contributed by atoms with Crippen molar-refractivity contribution in [1.29, 1.82) is 0 Å². The van der Waals surface area contributed by atoms with E-state index in [2.05, 4.69) is 0 Å². The Bertz CT molecular complexity index is 462. The first-order chi connectivity index (χ1) is 7.48. The lowest BCUT2D eigenvalue weighted by molar-refractivity contribution is 0.601. The zero-order valence-corrected chi connectivity index (χ0v) is 10.2. The highest BCUT2D eigenvalue weighted by Crippen LogP contribution is 2.29. The predicted molar refractivity (Wildman–Crippen MR) is 65.1 cm³/mol. The van der Waals surface area contributed by atoms with Crippen LogP contribution in [0.3, 0.4) is 0 Å². The molecular weight excluding hydrogens is 222 g/mol. The zero-order valence-electron chi connectivity index (χ0n) is 9.39. The van der Waals surface area contributed by atoms with Crippen molar-refractivity contribution in [3.05, 3.63) is 35.4 Å². The monoisotopic (exact) mass is 239 g/mol. The van der Waals surface area contributed by atoms with Gasteiger partial charge < -0.3 is 5.73 Å². The van der Waals surface area contributed by atoms with E-state index in [0.717, 1.165) is 17.5 Å². The highest BCUT2D eigenvalue weighted by Gasteiger charge is 2.28. The molecule has 2 rings (SSSR count). The average Bonchev–Trinajstić information content (AvgIpc) is 2.59. The van der Waals surface area contributed by atoms with Crippen LogP contribution in [0.25, 0.3) is 0 Å². The second-order valence-electron chi connectivity index (χ2n) is 4.56. The van der Waals surface area contributed by atoms with Crippen LogP contribution < -0.4 is 5.73 Å². The maximum atomic E-state index is 11.4. The quantitative estimate of drug-likeness (QED) is 0.853. The normalized spacial score (nSPS) is 25.5. The highest BCUT2D eigenvalue weighted by atomic mass is 32.2. The molecule has 2 N–H and O–H groups in total. The Morgan fingerprint density at radius 1 is 1.31 bits per heavy atom. The van der Waals surface area contributed by atoms with Gasteiger partial charge in [-0.15, -0.1) is 0 Å². The van der Waals surface area contributed by atoms with Crippen LogP contribution in [0.5, 0.6) is 0 Å². The lowest BCUT2D eigenvalue weighted by Crippen LogP contribution is -2.06. The Kier molecular flexibility index (Phi) is 3.04. The number of rotatable bonds is 2. The van der Waals surface area contributed by atoms with Crippen LogP contribution >= 0.6 is 0 Å². The van der Waals surface area contributed by atoms with Crippen LogP contribution in [-0.4, -0.2) is 19.9 Å². The lowest BCUT2D eigenvalue weighted by Gasteiger charge is -2.10. The van der Waals surface area contributed by atoms with Gasteiger partial charge in [0.05, 0.1) is 11.5 Å². The van der Waals surface area contributed by atoms with Crippen LogP contribution in [0.1, 0.15) is 36.4 Å². The smallest absolute Gasteiger partial charge is 0.150 e. The maximum absolute atomic E-state index is 11.4. The zero-order chi connectivity index (χ0) is 11.8. The average molecular weight is 239 g/mol. The van der Waals surface area contributed by atoms with Gasteiger partial charge in [0.15, 0.2) is 9.84 Å². The van der Waals surface area contributed by atoms with Crippen molar-refractivity contribution in [2.75, 3.05) is 11.5 Å². The summed E-state index contributed by atoms with van der Waals surface area (Å²) in [5.41, 5.74) is 7.97. The third kappa shape index (κ3) is 2.44. The van der Waals surface area contributed by atoms with E-state index < -0.39 is 9.84 Å². The molecule has 1 aromatic carbocycles. The molecule has 16 heavy (non-hydrogen) atoms.